The van der Waals surface area contributed by atoms with Crippen LogP contribution in [0, 0.1) is 0 Å². The molecule has 0 amide bonds. The first-order valence-corrected chi connectivity index (χ1v) is 22.5. The maximum atomic E-state index is 12.6. The molecule has 1 fully saturated rings. The quantitative estimate of drug-likeness (QED) is 0.121. The summed E-state index contributed by atoms with van der Waals surface area (Å²) in [4.78, 5) is 24.6. The Labute approximate surface area is 307 Å². The number of halogens is 1. The molecule has 11 heteroatoms. The van der Waals surface area contributed by atoms with Gasteiger partial charge >= 0.3 is 5.97 Å². The SMILES string of the molecule is C[Si](C)(C)CCOCn1ccc2cc3c(nc21)OCCCN3c1cc(N2CCN(CC3=C(c4ccc(Cl)cc4)CCCC3)CC2)ccc1C(=O)O. The smallest absolute Gasteiger partial charge is 0.337 e. The molecule has 0 saturated carbocycles. The highest BCUT2D eigenvalue weighted by atomic mass is 35.5. The van der Waals surface area contributed by atoms with Crippen molar-refractivity contribution in [2.45, 2.75) is 64.5 Å². The largest absolute Gasteiger partial charge is 0.478 e. The maximum absolute atomic E-state index is 12.6. The molecule has 9 nitrogen and oxygen atoms in total. The summed E-state index contributed by atoms with van der Waals surface area (Å²) in [7, 11) is -1.18. The van der Waals surface area contributed by atoms with Crippen molar-refractivity contribution in [1.82, 2.24) is 14.5 Å². The van der Waals surface area contributed by atoms with E-state index in [1.54, 1.807) is 11.6 Å². The van der Waals surface area contributed by atoms with E-state index < -0.39 is 14.0 Å². The number of hydrogen-bond donors (Lipinski definition) is 1. The fourth-order valence-electron chi connectivity index (χ4n) is 7.49. The molecule has 1 saturated heterocycles. The van der Waals surface area contributed by atoms with E-state index >= 15 is 0 Å². The van der Waals surface area contributed by atoms with Gasteiger partial charge < -0.3 is 28.9 Å². The zero-order chi connectivity index (χ0) is 35.5. The number of carboxylic acid groups (broad SMARTS) is 1. The topological polar surface area (TPSA) is 83.3 Å². The minimum Gasteiger partial charge on any atom is -0.478 e. The number of piperazine rings is 1. The molecule has 51 heavy (non-hydrogen) atoms. The van der Waals surface area contributed by atoms with Gasteiger partial charge in [0.25, 0.3) is 0 Å². The van der Waals surface area contributed by atoms with Crippen LogP contribution in [0.3, 0.4) is 0 Å². The van der Waals surface area contributed by atoms with Gasteiger partial charge in [0.05, 0.1) is 17.9 Å². The summed E-state index contributed by atoms with van der Waals surface area (Å²) in [6.45, 7) is 14.0. The third-order valence-corrected chi connectivity index (χ3v) is 12.4. The van der Waals surface area contributed by atoms with Crippen LogP contribution < -0.4 is 14.5 Å². The lowest BCUT2D eigenvalue weighted by atomic mass is 9.87. The number of aromatic nitrogens is 2. The lowest BCUT2D eigenvalue weighted by Crippen LogP contribution is -2.47. The number of carbonyl (C=O) groups is 1. The molecule has 0 unspecified atom stereocenters. The highest BCUT2D eigenvalue weighted by Gasteiger charge is 2.27. The molecule has 0 atom stereocenters. The van der Waals surface area contributed by atoms with Crippen LogP contribution in [0.2, 0.25) is 30.7 Å². The highest BCUT2D eigenvalue weighted by molar-refractivity contribution is 6.76. The number of hydrogen-bond acceptors (Lipinski definition) is 7. The van der Waals surface area contributed by atoms with Crippen molar-refractivity contribution in [1.29, 1.82) is 0 Å². The predicted molar refractivity (Wildman–Crippen MR) is 210 cm³/mol. The molecule has 3 aliphatic rings. The number of anilines is 3. The average Bonchev–Trinajstić information content (AvgIpc) is 3.39. The van der Waals surface area contributed by atoms with Gasteiger partial charge in [0.15, 0.2) is 0 Å². The number of aromatic carboxylic acids is 1. The van der Waals surface area contributed by atoms with Crippen molar-refractivity contribution in [3.05, 3.63) is 82.5 Å². The number of carboxylic acids is 1. The number of rotatable bonds is 11. The summed E-state index contributed by atoms with van der Waals surface area (Å²) in [6, 6.07) is 19.3. The summed E-state index contributed by atoms with van der Waals surface area (Å²) >= 11 is 6.19. The van der Waals surface area contributed by atoms with Gasteiger partial charge in [-0.15, -0.1) is 0 Å². The van der Waals surface area contributed by atoms with E-state index in [9.17, 15) is 9.90 Å². The van der Waals surface area contributed by atoms with Gasteiger partial charge in [-0.05, 0) is 91.7 Å². The van der Waals surface area contributed by atoms with Crippen molar-refractivity contribution in [2.24, 2.45) is 0 Å². The van der Waals surface area contributed by atoms with Crippen LogP contribution in [0.25, 0.3) is 16.6 Å². The summed E-state index contributed by atoms with van der Waals surface area (Å²) in [5.41, 5.74) is 7.93. The van der Waals surface area contributed by atoms with Crippen molar-refractivity contribution >= 4 is 59.3 Å². The van der Waals surface area contributed by atoms with Crippen LogP contribution >= 0.6 is 11.6 Å². The van der Waals surface area contributed by atoms with Crippen molar-refractivity contribution < 1.29 is 19.4 Å². The number of fused-ring (bicyclic) bond motifs is 2. The number of benzene rings is 2. The Morgan fingerprint density at radius 3 is 2.49 bits per heavy atom. The van der Waals surface area contributed by atoms with Crippen LogP contribution in [-0.4, -0.2) is 86.1 Å². The normalized spacial score (nSPS) is 17.4. The van der Waals surface area contributed by atoms with E-state index in [1.807, 2.05) is 35.0 Å². The molecule has 270 valence electrons. The van der Waals surface area contributed by atoms with Gasteiger partial charge in [0, 0.05) is 76.2 Å². The molecule has 2 aromatic heterocycles. The molecule has 0 bridgehead atoms. The van der Waals surface area contributed by atoms with E-state index in [0.29, 0.717) is 31.4 Å². The van der Waals surface area contributed by atoms with Crippen LogP contribution in [0.15, 0.2) is 66.4 Å². The Hall–Kier alpha value is -3.83. The zero-order valence-corrected chi connectivity index (χ0v) is 31.9. The molecule has 1 aliphatic carbocycles. The van der Waals surface area contributed by atoms with E-state index in [1.165, 1.54) is 24.0 Å². The van der Waals surface area contributed by atoms with Gasteiger partial charge in [-0.3, -0.25) is 4.90 Å². The Kier molecular flexibility index (Phi) is 10.7. The fraction of sp³-hybridized carbons (Fsp3) is 0.450. The van der Waals surface area contributed by atoms with Crippen molar-refractivity contribution in [2.75, 3.05) is 62.3 Å². The minimum atomic E-state index is -1.18. The van der Waals surface area contributed by atoms with Gasteiger partial charge in [0.2, 0.25) is 5.88 Å². The van der Waals surface area contributed by atoms with Crippen LogP contribution in [0.4, 0.5) is 17.1 Å². The second-order valence-electron chi connectivity index (χ2n) is 15.3. The molecule has 4 heterocycles. The van der Waals surface area contributed by atoms with E-state index in [2.05, 4.69) is 58.6 Å². The number of allylic oxidation sites excluding steroid dienone is 1. The summed E-state index contributed by atoms with van der Waals surface area (Å²) in [5.74, 6) is -0.423. The Morgan fingerprint density at radius 2 is 1.73 bits per heavy atom. The molecule has 4 aromatic rings. The predicted octanol–water partition coefficient (Wildman–Crippen LogP) is 8.77. The van der Waals surface area contributed by atoms with Crippen LogP contribution in [0.1, 0.15) is 48.0 Å². The molecule has 2 aliphatic heterocycles. The monoisotopic (exact) mass is 727 g/mol. The number of nitrogens with zero attached hydrogens (tertiary/aromatic N) is 5. The third-order valence-electron chi connectivity index (χ3n) is 10.4. The Bertz CT molecular complexity index is 1900. The highest BCUT2D eigenvalue weighted by Crippen LogP contribution is 2.40. The first-order chi connectivity index (χ1) is 24.6. The number of ether oxygens (including phenoxy) is 2. The average molecular weight is 728 g/mol. The van der Waals surface area contributed by atoms with Crippen molar-refractivity contribution in [3.8, 4) is 5.88 Å². The fourth-order valence-corrected chi connectivity index (χ4v) is 8.37. The summed E-state index contributed by atoms with van der Waals surface area (Å²) in [5, 5.41) is 12.1. The van der Waals surface area contributed by atoms with E-state index in [4.69, 9.17) is 26.1 Å². The molecule has 7 rings (SSSR count). The first-order valence-electron chi connectivity index (χ1n) is 18.4. The molecular weight excluding hydrogens is 678 g/mol. The van der Waals surface area contributed by atoms with Crippen molar-refractivity contribution in [3.63, 3.8) is 0 Å². The summed E-state index contributed by atoms with van der Waals surface area (Å²) in [6.07, 6.45) is 7.51. The standard InChI is InChI=1S/C40H50ClN5O4Si/c1-51(2,3)24-23-49-28-45-17-15-30-25-37-39(42-38(30)45)50-22-6-16-46(37)36-26-33(13-14-35(36)40(47)48)44-20-18-43(19-21-44)27-31-7-4-5-8-34(31)29-9-11-32(41)12-10-29/h9-15,17,25-26H,4-8,16,18-24,27-28H2,1-3H3,(H,47,48). The molecule has 2 aromatic carbocycles. The zero-order valence-electron chi connectivity index (χ0n) is 30.2. The van der Waals surface area contributed by atoms with E-state index in [0.717, 1.165) is 92.1 Å². The molecular formula is C40H50ClN5O4Si. The van der Waals surface area contributed by atoms with E-state index in [-0.39, 0.29) is 5.56 Å². The minimum absolute atomic E-state index is 0.276. The second kappa shape index (κ2) is 15.4. The van der Waals surface area contributed by atoms with Gasteiger partial charge in [-0.1, -0.05) is 48.9 Å². The maximum Gasteiger partial charge on any atom is 0.337 e. The Balaban J connectivity index is 1.09. The lowest BCUT2D eigenvalue weighted by molar-refractivity contribution is 0.0697. The molecule has 0 radical (unpaired) electrons. The van der Waals surface area contributed by atoms with Crippen LogP contribution in [0.5, 0.6) is 5.88 Å². The lowest BCUT2D eigenvalue weighted by Gasteiger charge is -2.38. The Morgan fingerprint density at radius 1 is 0.941 bits per heavy atom. The third kappa shape index (κ3) is 8.30. The first kappa shape index (κ1) is 35.6. The molecule has 1 N–H and O–H groups in total. The van der Waals surface area contributed by atoms with Gasteiger partial charge in [-0.25, -0.2) is 4.79 Å². The van der Waals surface area contributed by atoms with Crippen LogP contribution in [-0.2, 0) is 11.5 Å². The van der Waals surface area contributed by atoms with Gasteiger partial charge in [-0.2, -0.15) is 4.98 Å². The molecule has 0 spiro atoms. The summed E-state index contributed by atoms with van der Waals surface area (Å²) < 4.78 is 14.2. The second-order valence-corrected chi connectivity index (χ2v) is 21.3. The number of pyridine rings is 1. The van der Waals surface area contributed by atoms with Gasteiger partial charge in [0.1, 0.15) is 18.1 Å².